The number of hydrogen-bond donors (Lipinski definition) is 1. The molecule has 1 amide bonds. The molecule has 0 heterocycles. The number of carbonyl (C=O) groups excluding carboxylic acids is 1. The van der Waals surface area contributed by atoms with E-state index < -0.39 is 10.0 Å². The highest BCUT2D eigenvalue weighted by molar-refractivity contribution is 7.92. The van der Waals surface area contributed by atoms with Gasteiger partial charge in [-0.3, -0.25) is 9.10 Å². The Bertz CT molecular complexity index is 939. The van der Waals surface area contributed by atoms with Gasteiger partial charge in [0.1, 0.15) is 0 Å². The van der Waals surface area contributed by atoms with Gasteiger partial charge in [-0.2, -0.15) is 0 Å². The van der Waals surface area contributed by atoms with Crippen molar-refractivity contribution in [2.24, 2.45) is 5.92 Å². The van der Waals surface area contributed by atoms with Gasteiger partial charge in [-0.15, -0.1) is 0 Å². The Morgan fingerprint density at radius 1 is 1.10 bits per heavy atom. The minimum Gasteiger partial charge on any atom is -0.352 e. The average Bonchev–Trinajstić information content (AvgIpc) is 2.70. The number of benzene rings is 2. The molecule has 0 radical (unpaired) electrons. The number of rotatable bonds is 7. The van der Waals surface area contributed by atoms with Crippen LogP contribution in [0.3, 0.4) is 0 Å². The highest BCUT2D eigenvalue weighted by Gasteiger charge is 2.19. The molecule has 0 atom stereocenters. The van der Waals surface area contributed by atoms with Gasteiger partial charge in [0, 0.05) is 17.1 Å². The number of carbonyl (C=O) groups is 1. The van der Waals surface area contributed by atoms with Gasteiger partial charge in [-0.1, -0.05) is 49.1 Å². The van der Waals surface area contributed by atoms with Crippen LogP contribution in [0.15, 0.2) is 48.5 Å². The molecule has 2 aromatic carbocycles. The van der Waals surface area contributed by atoms with Crippen molar-refractivity contribution in [1.29, 1.82) is 0 Å². The Morgan fingerprint density at radius 2 is 1.79 bits per heavy atom. The molecule has 156 valence electrons. The minimum absolute atomic E-state index is 0.0862. The second-order valence-electron chi connectivity index (χ2n) is 7.66. The van der Waals surface area contributed by atoms with E-state index in [-0.39, 0.29) is 12.5 Å². The molecule has 1 saturated carbocycles. The lowest BCUT2D eigenvalue weighted by Gasteiger charge is -2.23. The average molecular weight is 435 g/mol. The van der Waals surface area contributed by atoms with Crippen LogP contribution in [0.2, 0.25) is 5.02 Å². The Balaban J connectivity index is 1.65. The van der Waals surface area contributed by atoms with Crippen molar-refractivity contribution < 1.29 is 13.2 Å². The fourth-order valence-electron chi connectivity index (χ4n) is 3.69. The highest BCUT2D eigenvalue weighted by atomic mass is 35.5. The third-order valence-electron chi connectivity index (χ3n) is 5.31. The molecule has 0 bridgehead atoms. The zero-order chi connectivity index (χ0) is 20.9. The Kier molecular flexibility index (Phi) is 7.19. The first-order chi connectivity index (χ1) is 13.8. The number of amides is 1. The van der Waals surface area contributed by atoms with Crippen molar-refractivity contribution in [2.75, 3.05) is 17.1 Å². The molecule has 1 fully saturated rings. The maximum Gasteiger partial charge on any atom is 0.251 e. The van der Waals surface area contributed by atoms with Crippen LogP contribution in [0.5, 0.6) is 0 Å². The number of hydrogen-bond acceptors (Lipinski definition) is 3. The number of anilines is 1. The van der Waals surface area contributed by atoms with Crippen LogP contribution in [0, 0.1) is 5.92 Å². The third-order valence-corrected chi connectivity index (χ3v) is 6.69. The third kappa shape index (κ3) is 6.21. The number of nitrogens with zero attached hydrogens (tertiary/aromatic N) is 1. The molecule has 29 heavy (non-hydrogen) atoms. The van der Waals surface area contributed by atoms with Gasteiger partial charge < -0.3 is 5.32 Å². The summed E-state index contributed by atoms with van der Waals surface area (Å²) in [4.78, 5) is 12.4. The van der Waals surface area contributed by atoms with Gasteiger partial charge in [-0.25, -0.2) is 8.42 Å². The van der Waals surface area contributed by atoms with Crippen molar-refractivity contribution in [3.05, 3.63) is 64.7 Å². The number of nitrogens with one attached hydrogen (secondary N) is 1. The first-order valence-corrected chi connectivity index (χ1v) is 12.2. The van der Waals surface area contributed by atoms with E-state index in [1.54, 1.807) is 48.5 Å². The predicted octanol–water partition coefficient (Wildman–Crippen LogP) is 4.62. The first kappa shape index (κ1) is 21.7. The normalized spacial score (nSPS) is 15.1. The molecule has 1 aliphatic rings. The maximum atomic E-state index is 12.4. The summed E-state index contributed by atoms with van der Waals surface area (Å²) in [7, 11) is -3.49. The SMILES string of the molecule is CS(=O)(=O)N(Cc1ccc(C(=O)NCC2CCCCC2)cc1)c1cccc(Cl)c1. The number of sulfonamides is 1. The fourth-order valence-corrected chi connectivity index (χ4v) is 4.75. The fraction of sp³-hybridized carbons (Fsp3) is 0.409. The first-order valence-electron chi connectivity index (χ1n) is 9.93. The lowest BCUT2D eigenvalue weighted by atomic mass is 9.89. The van der Waals surface area contributed by atoms with Gasteiger partial charge in [-0.05, 0) is 54.7 Å². The van der Waals surface area contributed by atoms with Crippen LogP contribution in [-0.4, -0.2) is 27.1 Å². The molecule has 0 aliphatic heterocycles. The summed E-state index contributed by atoms with van der Waals surface area (Å²) < 4.78 is 25.9. The standard InChI is InChI=1S/C22H27ClN2O3S/c1-29(27,28)25(21-9-5-8-20(23)14-21)16-18-10-12-19(13-11-18)22(26)24-15-17-6-3-2-4-7-17/h5,8-14,17H,2-4,6-7,15-16H2,1H3,(H,24,26). The lowest BCUT2D eigenvalue weighted by molar-refractivity contribution is 0.0943. The van der Waals surface area contributed by atoms with E-state index in [0.29, 0.717) is 22.2 Å². The molecule has 0 aromatic heterocycles. The summed E-state index contributed by atoms with van der Waals surface area (Å²) in [6.07, 6.45) is 7.33. The van der Waals surface area contributed by atoms with Crippen molar-refractivity contribution in [2.45, 2.75) is 38.6 Å². The summed E-state index contributed by atoms with van der Waals surface area (Å²) in [5.74, 6) is 0.491. The minimum atomic E-state index is -3.49. The predicted molar refractivity (Wildman–Crippen MR) is 118 cm³/mol. The van der Waals surface area contributed by atoms with Crippen LogP contribution >= 0.6 is 11.6 Å². The van der Waals surface area contributed by atoms with Crippen molar-refractivity contribution >= 4 is 33.2 Å². The molecule has 7 heteroatoms. The van der Waals surface area contributed by atoms with E-state index >= 15 is 0 Å². The molecular formula is C22H27ClN2O3S. The van der Waals surface area contributed by atoms with Crippen LogP contribution in [0.25, 0.3) is 0 Å². The van der Waals surface area contributed by atoms with E-state index in [1.165, 1.54) is 42.7 Å². The van der Waals surface area contributed by atoms with Gasteiger partial charge in [0.05, 0.1) is 18.5 Å². The molecule has 5 nitrogen and oxygen atoms in total. The second-order valence-corrected chi connectivity index (χ2v) is 10.0. The molecule has 1 aliphatic carbocycles. The van der Waals surface area contributed by atoms with E-state index in [1.807, 2.05) is 0 Å². The lowest BCUT2D eigenvalue weighted by Crippen LogP contribution is -2.30. The van der Waals surface area contributed by atoms with Crippen LogP contribution in [0.4, 0.5) is 5.69 Å². The molecule has 3 rings (SSSR count). The number of halogens is 1. The molecule has 1 N–H and O–H groups in total. The summed E-state index contributed by atoms with van der Waals surface area (Å²) in [6, 6.07) is 13.8. The van der Waals surface area contributed by atoms with Gasteiger partial charge >= 0.3 is 0 Å². The van der Waals surface area contributed by atoms with E-state index in [4.69, 9.17) is 11.6 Å². The van der Waals surface area contributed by atoms with Crippen molar-refractivity contribution in [3.63, 3.8) is 0 Å². The molecule has 0 saturated heterocycles. The topological polar surface area (TPSA) is 66.5 Å². The molecular weight excluding hydrogens is 408 g/mol. The second kappa shape index (κ2) is 9.63. The van der Waals surface area contributed by atoms with Crippen LogP contribution in [-0.2, 0) is 16.6 Å². The largest absolute Gasteiger partial charge is 0.352 e. The van der Waals surface area contributed by atoms with Crippen LogP contribution in [0.1, 0.15) is 48.0 Å². The van der Waals surface area contributed by atoms with Gasteiger partial charge in [0.25, 0.3) is 5.91 Å². The Hall–Kier alpha value is -2.05. The van der Waals surface area contributed by atoms with Gasteiger partial charge in [0.2, 0.25) is 10.0 Å². The van der Waals surface area contributed by atoms with E-state index in [2.05, 4.69) is 5.32 Å². The van der Waals surface area contributed by atoms with Crippen LogP contribution < -0.4 is 9.62 Å². The van der Waals surface area contributed by atoms with Gasteiger partial charge in [0.15, 0.2) is 0 Å². The van der Waals surface area contributed by atoms with Crippen molar-refractivity contribution in [3.8, 4) is 0 Å². The molecule has 0 spiro atoms. The maximum absolute atomic E-state index is 12.4. The molecule has 0 unspecified atom stereocenters. The Labute approximate surface area is 178 Å². The quantitative estimate of drug-likeness (QED) is 0.691. The van der Waals surface area contributed by atoms with Crippen molar-refractivity contribution in [1.82, 2.24) is 5.32 Å². The smallest absolute Gasteiger partial charge is 0.251 e. The zero-order valence-electron chi connectivity index (χ0n) is 16.6. The summed E-state index contributed by atoms with van der Waals surface area (Å²) in [5, 5.41) is 3.50. The summed E-state index contributed by atoms with van der Waals surface area (Å²) >= 11 is 6.02. The monoisotopic (exact) mass is 434 g/mol. The molecule has 2 aromatic rings. The summed E-state index contributed by atoms with van der Waals surface area (Å²) in [5.41, 5.74) is 1.88. The zero-order valence-corrected chi connectivity index (χ0v) is 18.2. The summed E-state index contributed by atoms with van der Waals surface area (Å²) in [6.45, 7) is 0.889. The van der Waals surface area contributed by atoms with E-state index in [0.717, 1.165) is 12.1 Å². The Morgan fingerprint density at radius 3 is 2.41 bits per heavy atom. The highest BCUT2D eigenvalue weighted by Crippen LogP contribution is 2.24. The van der Waals surface area contributed by atoms with E-state index in [9.17, 15) is 13.2 Å².